The number of hydrogen-bond acceptors (Lipinski definition) is 13. The molecule has 0 saturated carbocycles. The van der Waals surface area contributed by atoms with Crippen molar-refractivity contribution >= 4 is 57.6 Å². The molecule has 2 aromatic carbocycles. The third-order valence-corrected chi connectivity index (χ3v) is 6.84. The third kappa shape index (κ3) is 6.26. The molecule has 0 bridgehead atoms. The predicted molar refractivity (Wildman–Crippen MR) is 156 cm³/mol. The van der Waals surface area contributed by atoms with Gasteiger partial charge in [-0.1, -0.05) is 18.2 Å². The van der Waals surface area contributed by atoms with Gasteiger partial charge in [0.25, 0.3) is 11.1 Å². The number of para-hydroxylation sites is 1. The Morgan fingerprint density at radius 1 is 1.00 bits per heavy atom. The van der Waals surface area contributed by atoms with E-state index in [4.69, 9.17) is 30.5 Å². The summed E-state index contributed by atoms with van der Waals surface area (Å²) in [7, 11) is 1.60. The molecule has 0 unspecified atom stereocenters. The summed E-state index contributed by atoms with van der Waals surface area (Å²) in [6.45, 7) is 2.33. The number of ether oxygens (including phenoxy) is 2. The second kappa shape index (κ2) is 11.9. The number of anilines is 3. The van der Waals surface area contributed by atoms with E-state index in [1.54, 1.807) is 25.3 Å². The van der Waals surface area contributed by atoms with Crippen molar-refractivity contribution < 1.29 is 18.3 Å². The van der Waals surface area contributed by atoms with Gasteiger partial charge in [-0.15, -0.1) is 10.2 Å². The molecule has 1 aliphatic heterocycles. The lowest BCUT2D eigenvalue weighted by Crippen LogP contribution is -2.37. The smallest absolute Gasteiger partial charge is 0.349 e. The highest BCUT2D eigenvalue weighted by Gasteiger charge is 2.20. The normalized spacial score (nSPS) is 13.2. The highest BCUT2D eigenvalue weighted by molar-refractivity contribution is 7.98. The molecule has 6 rings (SSSR count). The Kier molecular flexibility index (Phi) is 7.71. The first-order valence-electron chi connectivity index (χ1n) is 12.4. The van der Waals surface area contributed by atoms with Gasteiger partial charge in [0.1, 0.15) is 16.9 Å². The first-order chi connectivity index (χ1) is 20.0. The van der Waals surface area contributed by atoms with Crippen LogP contribution in [0.5, 0.6) is 5.75 Å². The van der Waals surface area contributed by atoms with E-state index in [0.717, 1.165) is 28.6 Å². The van der Waals surface area contributed by atoms with Gasteiger partial charge in [0.2, 0.25) is 17.1 Å². The molecule has 15 heteroatoms. The lowest BCUT2D eigenvalue weighted by molar-refractivity contribution is 0.122. The number of thiocarbonyl (C=S) groups is 1. The molecule has 13 nitrogen and oxygen atoms in total. The highest BCUT2D eigenvalue weighted by atomic mass is 32.2. The zero-order valence-corrected chi connectivity index (χ0v) is 23.2. The fourth-order valence-electron chi connectivity index (χ4n) is 3.94. The topological polar surface area (TPSA) is 154 Å². The van der Waals surface area contributed by atoms with E-state index in [1.165, 1.54) is 0 Å². The molecule has 0 spiro atoms. The Labute approximate surface area is 242 Å². The molecule has 1 aliphatic rings. The summed E-state index contributed by atoms with van der Waals surface area (Å²) < 4.78 is 21.8. The van der Waals surface area contributed by atoms with Gasteiger partial charge >= 0.3 is 5.63 Å². The monoisotopic (exact) mass is 590 g/mol. The van der Waals surface area contributed by atoms with Crippen molar-refractivity contribution in [3.63, 3.8) is 0 Å². The molecule has 3 aromatic heterocycles. The van der Waals surface area contributed by atoms with E-state index in [-0.39, 0.29) is 32.9 Å². The standard InChI is InChI=1S/C26H22N8O5S2/c1-36-17-8-6-16(7-9-17)27-24(40)29-22-28-23(34-10-12-37-13-11-34)31-25(30-22)41-26-33-32-20(39-26)18-14-15-4-2-3-5-19(15)38-21(18)35/h2-9,14H,10-13H2,1H3,(H2,27,28,29,30,31,40). The van der Waals surface area contributed by atoms with Crippen LogP contribution in [0.1, 0.15) is 0 Å². The molecule has 4 heterocycles. The Bertz CT molecular complexity index is 1760. The molecule has 1 saturated heterocycles. The summed E-state index contributed by atoms with van der Waals surface area (Å²) in [5.41, 5.74) is 0.806. The minimum atomic E-state index is -0.581. The van der Waals surface area contributed by atoms with E-state index in [2.05, 4.69) is 35.8 Å². The van der Waals surface area contributed by atoms with Gasteiger partial charge in [-0.25, -0.2) is 4.79 Å². The minimum absolute atomic E-state index is 0.0256. The van der Waals surface area contributed by atoms with Crippen LogP contribution in [0, 0.1) is 0 Å². The summed E-state index contributed by atoms with van der Waals surface area (Å²) in [6, 6.07) is 16.1. The van der Waals surface area contributed by atoms with Gasteiger partial charge in [-0.3, -0.25) is 0 Å². The maximum Gasteiger partial charge on any atom is 0.349 e. The summed E-state index contributed by atoms with van der Waals surface area (Å²) in [4.78, 5) is 28.2. The lowest BCUT2D eigenvalue weighted by Gasteiger charge is -2.27. The largest absolute Gasteiger partial charge is 0.497 e. The molecule has 0 aliphatic carbocycles. The van der Waals surface area contributed by atoms with Crippen molar-refractivity contribution in [3.05, 3.63) is 65.0 Å². The second-order valence-electron chi connectivity index (χ2n) is 8.61. The molecule has 1 fully saturated rings. The Balaban J connectivity index is 1.24. The average molecular weight is 591 g/mol. The zero-order valence-electron chi connectivity index (χ0n) is 21.6. The van der Waals surface area contributed by atoms with E-state index < -0.39 is 5.63 Å². The zero-order chi connectivity index (χ0) is 28.2. The van der Waals surface area contributed by atoms with Crippen LogP contribution in [-0.2, 0) is 4.74 Å². The molecule has 208 valence electrons. The molecule has 0 radical (unpaired) electrons. The van der Waals surface area contributed by atoms with Crippen LogP contribution >= 0.6 is 24.0 Å². The van der Waals surface area contributed by atoms with Crippen LogP contribution in [0.2, 0.25) is 0 Å². The summed E-state index contributed by atoms with van der Waals surface area (Å²) in [5.74, 6) is 1.42. The van der Waals surface area contributed by atoms with E-state index in [9.17, 15) is 4.79 Å². The third-order valence-electron chi connectivity index (χ3n) is 5.93. The molecule has 0 amide bonds. The van der Waals surface area contributed by atoms with E-state index >= 15 is 0 Å². The van der Waals surface area contributed by atoms with Crippen molar-refractivity contribution in [2.75, 3.05) is 48.9 Å². The van der Waals surface area contributed by atoms with Gasteiger partial charge in [0.15, 0.2) is 5.11 Å². The molecular formula is C26H22N8O5S2. The number of nitrogens with zero attached hydrogens (tertiary/aromatic N) is 6. The summed E-state index contributed by atoms with van der Waals surface area (Å²) >= 11 is 6.51. The van der Waals surface area contributed by atoms with Crippen molar-refractivity contribution in [2.45, 2.75) is 10.4 Å². The fraction of sp³-hybridized carbons (Fsp3) is 0.192. The van der Waals surface area contributed by atoms with Gasteiger partial charge in [-0.05, 0) is 48.6 Å². The SMILES string of the molecule is COc1ccc(NC(=S)Nc2nc(Sc3nnc(-c4cc5ccccc5oc4=O)o3)nc(N3CCOCC3)n2)cc1. The Morgan fingerprint density at radius 3 is 2.61 bits per heavy atom. The first kappa shape index (κ1) is 26.6. The number of fused-ring (bicyclic) bond motifs is 1. The number of rotatable bonds is 7. The average Bonchev–Trinajstić information content (AvgIpc) is 3.45. The number of nitrogens with one attached hydrogen (secondary N) is 2. The molecule has 2 N–H and O–H groups in total. The highest BCUT2D eigenvalue weighted by Crippen LogP contribution is 2.29. The second-order valence-corrected chi connectivity index (χ2v) is 9.94. The van der Waals surface area contributed by atoms with Crippen LogP contribution < -0.4 is 25.9 Å². The fourth-order valence-corrected chi connectivity index (χ4v) is 4.77. The van der Waals surface area contributed by atoms with Crippen LogP contribution in [0.25, 0.3) is 22.4 Å². The van der Waals surface area contributed by atoms with Gasteiger partial charge in [-0.2, -0.15) is 15.0 Å². The van der Waals surface area contributed by atoms with Crippen LogP contribution in [-0.4, -0.2) is 63.7 Å². The summed E-state index contributed by atoms with van der Waals surface area (Å²) in [6.07, 6.45) is 0. The number of benzene rings is 2. The quantitative estimate of drug-likeness (QED) is 0.208. The predicted octanol–water partition coefficient (Wildman–Crippen LogP) is 3.83. The number of aromatic nitrogens is 5. The molecule has 0 atom stereocenters. The maximum atomic E-state index is 12.5. The van der Waals surface area contributed by atoms with Gasteiger partial charge in [0, 0.05) is 35.9 Å². The number of morpholine rings is 1. The summed E-state index contributed by atoms with van der Waals surface area (Å²) in [5, 5.41) is 15.7. The minimum Gasteiger partial charge on any atom is -0.497 e. The maximum absolute atomic E-state index is 12.5. The number of methoxy groups -OCH3 is 1. The van der Waals surface area contributed by atoms with Crippen LogP contribution in [0.15, 0.2) is 78.6 Å². The van der Waals surface area contributed by atoms with Crippen molar-refractivity contribution in [1.82, 2.24) is 25.1 Å². The Morgan fingerprint density at radius 2 is 1.80 bits per heavy atom. The lowest BCUT2D eigenvalue weighted by atomic mass is 10.2. The van der Waals surface area contributed by atoms with Gasteiger partial charge in [0.05, 0.1) is 20.3 Å². The van der Waals surface area contributed by atoms with E-state index in [1.807, 2.05) is 41.3 Å². The molecular weight excluding hydrogens is 568 g/mol. The Hall–Kier alpha value is -4.60. The first-order valence-corrected chi connectivity index (χ1v) is 13.6. The van der Waals surface area contributed by atoms with E-state index in [0.29, 0.717) is 37.8 Å². The molecule has 41 heavy (non-hydrogen) atoms. The van der Waals surface area contributed by atoms with Crippen LogP contribution in [0.3, 0.4) is 0 Å². The molecule has 5 aromatic rings. The van der Waals surface area contributed by atoms with Crippen LogP contribution in [0.4, 0.5) is 17.6 Å². The van der Waals surface area contributed by atoms with Crippen molar-refractivity contribution in [3.8, 4) is 17.2 Å². The van der Waals surface area contributed by atoms with Gasteiger partial charge < -0.3 is 33.8 Å². The number of hydrogen-bond donors (Lipinski definition) is 2. The van der Waals surface area contributed by atoms with Crippen molar-refractivity contribution in [2.24, 2.45) is 0 Å². The van der Waals surface area contributed by atoms with Crippen molar-refractivity contribution in [1.29, 1.82) is 0 Å².